The molecule has 0 spiro atoms. The fourth-order valence-corrected chi connectivity index (χ4v) is 3.75. The van der Waals surface area contributed by atoms with E-state index in [1.807, 2.05) is 12.1 Å². The van der Waals surface area contributed by atoms with Gasteiger partial charge in [-0.25, -0.2) is 13.6 Å². The molecule has 1 aliphatic carbocycles. The standard InChI is InChI=1S/C15H18N2O3S/c16-21(19,20)14-7-8-17(10-14)15(18)13-6-5-11-3-1-2-4-12(11)9-13/h1,3,5-6,9,14H,2,4,7-8,10H2,(H2,16,19,20). The van der Waals surface area contributed by atoms with Crippen LogP contribution in [-0.2, 0) is 16.4 Å². The molecule has 0 aromatic heterocycles. The molecule has 1 aromatic carbocycles. The molecular weight excluding hydrogens is 288 g/mol. The van der Waals surface area contributed by atoms with Crippen molar-refractivity contribution < 1.29 is 13.2 Å². The first-order valence-corrected chi connectivity index (χ1v) is 8.66. The van der Waals surface area contributed by atoms with Crippen molar-refractivity contribution in [3.8, 4) is 0 Å². The van der Waals surface area contributed by atoms with Gasteiger partial charge >= 0.3 is 0 Å². The van der Waals surface area contributed by atoms with Crippen LogP contribution < -0.4 is 5.14 Å². The molecule has 1 saturated heterocycles. The molecule has 0 radical (unpaired) electrons. The summed E-state index contributed by atoms with van der Waals surface area (Å²) in [4.78, 5) is 14.1. The Bertz CT molecular complexity index is 710. The molecule has 0 saturated carbocycles. The van der Waals surface area contributed by atoms with Crippen LogP contribution in [0.5, 0.6) is 0 Å². The van der Waals surface area contributed by atoms with Crippen LogP contribution in [0.3, 0.4) is 0 Å². The summed E-state index contributed by atoms with van der Waals surface area (Å²) in [5.74, 6) is -0.112. The zero-order valence-electron chi connectivity index (χ0n) is 11.7. The molecule has 1 aliphatic heterocycles. The first kappa shape index (κ1) is 14.3. The third-order valence-corrected chi connectivity index (χ3v) is 5.48. The number of likely N-dealkylation sites (tertiary alicyclic amines) is 1. The van der Waals surface area contributed by atoms with Crippen LogP contribution in [0, 0.1) is 0 Å². The molecule has 1 unspecified atom stereocenters. The Hall–Kier alpha value is -1.66. The number of carbonyl (C=O) groups is 1. The SMILES string of the molecule is NS(=O)(=O)C1CCN(C(=O)c2ccc3c(c2)CCC=C3)C1. The molecule has 1 atom stereocenters. The number of amides is 1. The lowest BCUT2D eigenvalue weighted by Gasteiger charge is -2.18. The summed E-state index contributed by atoms with van der Waals surface area (Å²) < 4.78 is 22.7. The van der Waals surface area contributed by atoms with E-state index in [0.717, 1.165) is 18.4 Å². The van der Waals surface area contributed by atoms with Gasteiger partial charge in [0.2, 0.25) is 10.0 Å². The van der Waals surface area contributed by atoms with E-state index in [2.05, 4.69) is 12.2 Å². The molecule has 2 aliphatic rings. The lowest BCUT2D eigenvalue weighted by Crippen LogP contribution is -2.34. The number of benzene rings is 1. The van der Waals surface area contributed by atoms with Crippen molar-refractivity contribution in [3.63, 3.8) is 0 Å². The third-order valence-electron chi connectivity index (χ3n) is 4.16. The van der Waals surface area contributed by atoms with Crippen LogP contribution >= 0.6 is 0 Å². The quantitative estimate of drug-likeness (QED) is 0.890. The topological polar surface area (TPSA) is 80.5 Å². The summed E-state index contributed by atoms with van der Waals surface area (Å²) >= 11 is 0. The number of aryl methyl sites for hydroxylation is 1. The fraction of sp³-hybridized carbons (Fsp3) is 0.400. The second-order valence-corrected chi connectivity index (χ2v) is 7.45. The van der Waals surface area contributed by atoms with Crippen LogP contribution in [0.2, 0.25) is 0 Å². The number of carbonyl (C=O) groups excluding carboxylic acids is 1. The van der Waals surface area contributed by atoms with Gasteiger partial charge in [-0.3, -0.25) is 4.79 Å². The van der Waals surface area contributed by atoms with Gasteiger partial charge in [-0.2, -0.15) is 0 Å². The zero-order valence-corrected chi connectivity index (χ0v) is 12.5. The smallest absolute Gasteiger partial charge is 0.253 e. The minimum Gasteiger partial charge on any atom is -0.337 e. The minimum absolute atomic E-state index is 0.112. The maximum atomic E-state index is 12.5. The van der Waals surface area contributed by atoms with Gasteiger partial charge < -0.3 is 4.90 Å². The fourth-order valence-electron chi connectivity index (χ4n) is 2.93. The first-order chi connectivity index (χ1) is 9.95. The summed E-state index contributed by atoms with van der Waals surface area (Å²) in [6.07, 6.45) is 6.54. The van der Waals surface area contributed by atoms with E-state index in [1.54, 1.807) is 11.0 Å². The predicted octanol–water partition coefficient (Wildman–Crippen LogP) is 1.15. The van der Waals surface area contributed by atoms with E-state index < -0.39 is 15.3 Å². The van der Waals surface area contributed by atoms with Crippen molar-refractivity contribution in [1.82, 2.24) is 4.90 Å². The van der Waals surface area contributed by atoms with E-state index in [0.29, 0.717) is 18.5 Å². The van der Waals surface area contributed by atoms with Gasteiger partial charge in [0, 0.05) is 18.7 Å². The zero-order chi connectivity index (χ0) is 15.0. The van der Waals surface area contributed by atoms with E-state index in [1.165, 1.54) is 5.56 Å². The number of sulfonamides is 1. The number of nitrogens with zero attached hydrogens (tertiary/aromatic N) is 1. The number of rotatable bonds is 2. The third kappa shape index (κ3) is 2.87. The van der Waals surface area contributed by atoms with Crippen molar-refractivity contribution >= 4 is 22.0 Å². The van der Waals surface area contributed by atoms with Gasteiger partial charge in [-0.1, -0.05) is 18.2 Å². The van der Waals surface area contributed by atoms with Gasteiger partial charge in [0.15, 0.2) is 0 Å². The van der Waals surface area contributed by atoms with Gasteiger partial charge in [0.1, 0.15) is 0 Å². The van der Waals surface area contributed by atoms with Gasteiger partial charge in [-0.05, 0) is 42.5 Å². The van der Waals surface area contributed by atoms with Crippen molar-refractivity contribution in [2.24, 2.45) is 5.14 Å². The van der Waals surface area contributed by atoms with E-state index >= 15 is 0 Å². The molecule has 3 rings (SSSR count). The molecule has 2 N–H and O–H groups in total. The van der Waals surface area contributed by atoms with E-state index in [9.17, 15) is 13.2 Å². The monoisotopic (exact) mass is 306 g/mol. The molecule has 1 aromatic rings. The molecule has 1 fully saturated rings. The minimum atomic E-state index is -3.57. The highest BCUT2D eigenvalue weighted by atomic mass is 32.2. The Balaban J connectivity index is 1.79. The number of hydrogen-bond donors (Lipinski definition) is 1. The van der Waals surface area contributed by atoms with E-state index in [4.69, 9.17) is 5.14 Å². The Morgan fingerprint density at radius 1 is 1.33 bits per heavy atom. The average molecular weight is 306 g/mol. The summed E-state index contributed by atoms with van der Waals surface area (Å²) in [5.41, 5.74) is 2.95. The Morgan fingerprint density at radius 3 is 2.86 bits per heavy atom. The maximum absolute atomic E-state index is 12.5. The molecule has 1 amide bonds. The van der Waals surface area contributed by atoms with Crippen molar-refractivity contribution in [1.29, 1.82) is 0 Å². The van der Waals surface area contributed by atoms with Gasteiger partial charge in [-0.15, -0.1) is 0 Å². The molecule has 112 valence electrons. The first-order valence-electron chi connectivity index (χ1n) is 7.05. The average Bonchev–Trinajstić information content (AvgIpc) is 2.96. The summed E-state index contributed by atoms with van der Waals surface area (Å²) in [6.45, 7) is 0.631. The summed E-state index contributed by atoms with van der Waals surface area (Å²) in [7, 11) is -3.57. The van der Waals surface area contributed by atoms with Crippen molar-refractivity contribution in [3.05, 3.63) is 41.0 Å². The van der Waals surface area contributed by atoms with Crippen molar-refractivity contribution in [2.75, 3.05) is 13.1 Å². The highest BCUT2D eigenvalue weighted by molar-refractivity contribution is 7.89. The summed E-state index contributed by atoms with van der Waals surface area (Å²) in [5, 5.41) is 4.52. The maximum Gasteiger partial charge on any atom is 0.253 e. The predicted molar refractivity (Wildman–Crippen MR) is 81.2 cm³/mol. The van der Waals surface area contributed by atoms with Crippen LogP contribution in [0.4, 0.5) is 0 Å². The lowest BCUT2D eigenvalue weighted by molar-refractivity contribution is 0.0793. The normalized spacial score (nSPS) is 21.4. The van der Waals surface area contributed by atoms with E-state index in [-0.39, 0.29) is 12.5 Å². The Labute approximate surface area is 124 Å². The number of primary sulfonamides is 1. The lowest BCUT2D eigenvalue weighted by atomic mass is 9.95. The number of hydrogen-bond acceptors (Lipinski definition) is 3. The number of nitrogens with two attached hydrogens (primary N) is 1. The van der Waals surface area contributed by atoms with Crippen LogP contribution in [0.15, 0.2) is 24.3 Å². The highest BCUT2D eigenvalue weighted by Crippen LogP contribution is 2.23. The molecule has 0 bridgehead atoms. The Kier molecular flexibility index (Phi) is 3.59. The summed E-state index contributed by atoms with van der Waals surface area (Å²) in [6, 6.07) is 5.68. The second kappa shape index (κ2) is 5.27. The van der Waals surface area contributed by atoms with Crippen LogP contribution in [0.1, 0.15) is 34.3 Å². The number of fused-ring (bicyclic) bond motifs is 1. The number of allylic oxidation sites excluding steroid dienone is 1. The van der Waals surface area contributed by atoms with Gasteiger partial charge in [0.05, 0.1) is 5.25 Å². The van der Waals surface area contributed by atoms with Gasteiger partial charge in [0.25, 0.3) is 5.91 Å². The Morgan fingerprint density at radius 2 is 2.14 bits per heavy atom. The highest BCUT2D eigenvalue weighted by Gasteiger charge is 2.33. The molecule has 21 heavy (non-hydrogen) atoms. The van der Waals surface area contributed by atoms with Crippen molar-refractivity contribution in [2.45, 2.75) is 24.5 Å². The molecule has 1 heterocycles. The largest absolute Gasteiger partial charge is 0.337 e. The molecule has 6 heteroatoms. The van der Waals surface area contributed by atoms with Crippen LogP contribution in [0.25, 0.3) is 6.08 Å². The van der Waals surface area contributed by atoms with Crippen LogP contribution in [-0.4, -0.2) is 37.6 Å². The molecular formula is C15H18N2O3S. The molecule has 5 nitrogen and oxygen atoms in total. The second-order valence-electron chi connectivity index (χ2n) is 5.61.